The van der Waals surface area contributed by atoms with E-state index in [-0.39, 0.29) is 23.5 Å². The van der Waals surface area contributed by atoms with Crippen LogP contribution in [0.15, 0.2) is 77.4 Å². The van der Waals surface area contributed by atoms with Crippen LogP contribution < -0.4 is 0 Å². The van der Waals surface area contributed by atoms with E-state index in [4.69, 9.17) is 0 Å². The Morgan fingerprint density at radius 1 is 0.917 bits per heavy atom. The van der Waals surface area contributed by atoms with Gasteiger partial charge in [-0.15, -0.1) is 0 Å². The normalized spacial score (nSPS) is 16.9. The predicted octanol–water partition coefficient (Wildman–Crippen LogP) is 6.23. The molecule has 0 saturated heterocycles. The highest BCUT2D eigenvalue weighted by Crippen LogP contribution is 2.40. The van der Waals surface area contributed by atoms with Crippen LogP contribution in [-0.4, -0.2) is 33.4 Å². The molecule has 4 aromatic rings. The molecule has 0 unspecified atom stereocenters. The number of amides is 2. The van der Waals surface area contributed by atoms with Gasteiger partial charge in [-0.05, 0) is 73.2 Å². The number of carbonyl (C=O) groups is 3. The molecule has 0 bridgehead atoms. The van der Waals surface area contributed by atoms with Crippen LogP contribution in [-0.2, 0) is 12.8 Å². The second kappa shape index (κ2) is 9.17. The van der Waals surface area contributed by atoms with Gasteiger partial charge in [-0.1, -0.05) is 46.3 Å². The van der Waals surface area contributed by atoms with E-state index in [1.807, 2.05) is 36.4 Å². The van der Waals surface area contributed by atoms with Gasteiger partial charge in [-0.25, -0.2) is 0 Å². The van der Waals surface area contributed by atoms with Crippen molar-refractivity contribution in [3.8, 4) is 0 Å². The average molecular weight is 541 g/mol. The molecular weight excluding hydrogens is 516 g/mol. The number of pyridine rings is 1. The number of nitrogens with zero attached hydrogens (tertiary/aromatic N) is 2. The number of imide groups is 1. The number of rotatable bonds is 6. The first-order valence-electron chi connectivity index (χ1n) is 12.4. The SMILES string of the molecule is O=C(C[C@H]1CCCc2c(CCN3C(=O)c4ccccc4C3=O)c3ccccn3c21)c1ccc(Br)cc1. The summed E-state index contributed by atoms with van der Waals surface area (Å²) in [4.78, 5) is 40.3. The molecule has 1 aliphatic heterocycles. The Hall–Kier alpha value is -3.51. The van der Waals surface area contributed by atoms with Crippen molar-refractivity contribution in [1.29, 1.82) is 0 Å². The van der Waals surface area contributed by atoms with Gasteiger partial charge in [-0.2, -0.15) is 0 Å². The second-order valence-corrected chi connectivity index (χ2v) is 10.5. The Kier molecular flexibility index (Phi) is 5.84. The Morgan fingerprint density at radius 3 is 2.33 bits per heavy atom. The van der Waals surface area contributed by atoms with E-state index in [1.165, 1.54) is 21.7 Å². The molecule has 6 rings (SSSR count). The summed E-state index contributed by atoms with van der Waals surface area (Å²) in [5.74, 6) is -0.149. The zero-order valence-corrected chi connectivity index (χ0v) is 21.3. The zero-order chi connectivity index (χ0) is 24.8. The molecule has 3 heterocycles. The van der Waals surface area contributed by atoms with E-state index < -0.39 is 0 Å². The third-order valence-corrected chi connectivity index (χ3v) is 8.06. The summed E-state index contributed by atoms with van der Waals surface area (Å²) in [5, 5.41) is 0. The first-order chi connectivity index (χ1) is 17.5. The number of carbonyl (C=O) groups excluding carboxylic acids is 3. The smallest absolute Gasteiger partial charge is 0.261 e. The van der Waals surface area contributed by atoms with Gasteiger partial charge in [-0.3, -0.25) is 19.3 Å². The molecule has 1 atom stereocenters. The van der Waals surface area contributed by atoms with Crippen LogP contribution in [0.5, 0.6) is 0 Å². The maximum absolute atomic E-state index is 13.2. The molecule has 1 aliphatic carbocycles. The van der Waals surface area contributed by atoms with Crippen molar-refractivity contribution in [2.45, 2.75) is 38.0 Å². The molecule has 2 aromatic heterocycles. The number of benzene rings is 2. The lowest BCUT2D eigenvalue weighted by Crippen LogP contribution is -2.31. The monoisotopic (exact) mass is 540 g/mol. The van der Waals surface area contributed by atoms with Crippen molar-refractivity contribution in [1.82, 2.24) is 9.30 Å². The maximum atomic E-state index is 13.2. The standard InChI is InChI=1S/C30H25BrN2O3/c31-21-13-11-19(12-14-21)27(34)18-20-6-5-9-23-22(26-10-3-4-16-32(26)28(20)23)15-17-33-29(35)24-7-1-2-8-25(24)30(33)36/h1-4,7-8,10-14,16,20H,5-6,9,15,17-18H2/t20-/m1/s1. The van der Waals surface area contributed by atoms with E-state index in [9.17, 15) is 14.4 Å². The summed E-state index contributed by atoms with van der Waals surface area (Å²) < 4.78 is 3.19. The van der Waals surface area contributed by atoms with Gasteiger partial charge in [0, 0.05) is 46.3 Å². The van der Waals surface area contributed by atoms with Gasteiger partial charge in [0.05, 0.1) is 11.1 Å². The topological polar surface area (TPSA) is 58.9 Å². The molecular formula is C30H25BrN2O3. The minimum atomic E-state index is -0.217. The third-order valence-electron chi connectivity index (χ3n) is 7.53. The highest BCUT2D eigenvalue weighted by atomic mass is 79.9. The summed E-state index contributed by atoms with van der Waals surface area (Å²) in [6, 6.07) is 20.7. The van der Waals surface area contributed by atoms with Crippen LogP contribution in [0.25, 0.3) is 5.52 Å². The summed E-state index contributed by atoms with van der Waals surface area (Å²) in [6.07, 6.45) is 6.06. The van der Waals surface area contributed by atoms with E-state index in [2.05, 4.69) is 32.6 Å². The molecule has 0 fully saturated rings. The number of halogens is 1. The number of hydrogen-bond acceptors (Lipinski definition) is 3. The van der Waals surface area contributed by atoms with Gasteiger partial charge in [0.1, 0.15) is 0 Å². The van der Waals surface area contributed by atoms with Crippen molar-refractivity contribution in [2.24, 2.45) is 0 Å². The Bertz CT molecular complexity index is 1480. The van der Waals surface area contributed by atoms with Gasteiger partial charge in [0.15, 0.2) is 5.78 Å². The largest absolute Gasteiger partial charge is 0.320 e. The summed E-state index contributed by atoms with van der Waals surface area (Å²) in [7, 11) is 0. The summed E-state index contributed by atoms with van der Waals surface area (Å²) in [5.41, 5.74) is 6.47. The molecule has 36 heavy (non-hydrogen) atoms. The minimum Gasteiger partial charge on any atom is -0.320 e. The lowest BCUT2D eigenvalue weighted by atomic mass is 9.82. The molecule has 2 amide bonds. The lowest BCUT2D eigenvalue weighted by molar-refractivity contribution is 0.0655. The number of aromatic nitrogens is 1. The van der Waals surface area contributed by atoms with Crippen LogP contribution >= 0.6 is 15.9 Å². The number of fused-ring (bicyclic) bond motifs is 4. The second-order valence-electron chi connectivity index (χ2n) is 9.58. The molecule has 180 valence electrons. The molecule has 0 N–H and O–H groups in total. The quantitative estimate of drug-likeness (QED) is 0.215. The molecule has 2 aromatic carbocycles. The van der Waals surface area contributed by atoms with Crippen molar-refractivity contribution in [2.75, 3.05) is 6.54 Å². The van der Waals surface area contributed by atoms with Crippen LogP contribution in [0.2, 0.25) is 0 Å². The van der Waals surface area contributed by atoms with Gasteiger partial charge in [0.25, 0.3) is 11.8 Å². The zero-order valence-electron chi connectivity index (χ0n) is 19.7. The number of Topliss-reactive ketones (excluding diaryl/α,β-unsaturated/α-hetero) is 1. The van der Waals surface area contributed by atoms with E-state index >= 15 is 0 Å². The average Bonchev–Trinajstić information content (AvgIpc) is 3.35. The molecule has 0 radical (unpaired) electrons. The van der Waals surface area contributed by atoms with Crippen molar-refractivity contribution < 1.29 is 14.4 Å². The first-order valence-corrected chi connectivity index (χ1v) is 13.2. The third kappa shape index (κ3) is 3.80. The van der Waals surface area contributed by atoms with Crippen molar-refractivity contribution in [3.63, 3.8) is 0 Å². The van der Waals surface area contributed by atoms with Crippen LogP contribution in [0.1, 0.15) is 73.1 Å². The first kappa shape index (κ1) is 22.9. The van der Waals surface area contributed by atoms with E-state index in [1.54, 1.807) is 24.3 Å². The maximum Gasteiger partial charge on any atom is 0.261 e. The Morgan fingerprint density at radius 2 is 1.61 bits per heavy atom. The van der Waals surface area contributed by atoms with Crippen LogP contribution in [0.4, 0.5) is 0 Å². The van der Waals surface area contributed by atoms with Crippen LogP contribution in [0.3, 0.4) is 0 Å². The molecule has 2 aliphatic rings. The summed E-state index contributed by atoms with van der Waals surface area (Å²) >= 11 is 3.44. The van der Waals surface area contributed by atoms with Gasteiger partial charge in [0.2, 0.25) is 0 Å². The van der Waals surface area contributed by atoms with E-state index in [0.29, 0.717) is 30.5 Å². The van der Waals surface area contributed by atoms with Gasteiger partial charge < -0.3 is 4.40 Å². The molecule has 6 heteroatoms. The highest BCUT2D eigenvalue weighted by molar-refractivity contribution is 9.10. The lowest BCUT2D eigenvalue weighted by Gasteiger charge is -2.24. The number of ketones is 1. The molecule has 0 saturated carbocycles. The fraction of sp³-hybridized carbons (Fsp3) is 0.233. The fourth-order valence-electron chi connectivity index (χ4n) is 5.86. The predicted molar refractivity (Wildman–Crippen MR) is 142 cm³/mol. The van der Waals surface area contributed by atoms with Gasteiger partial charge >= 0.3 is 0 Å². The molecule has 0 spiro atoms. The van der Waals surface area contributed by atoms with Crippen molar-refractivity contribution in [3.05, 3.63) is 111 Å². The van der Waals surface area contributed by atoms with Crippen LogP contribution in [0, 0.1) is 0 Å². The van der Waals surface area contributed by atoms with Crippen molar-refractivity contribution >= 4 is 39.0 Å². The van der Waals surface area contributed by atoms with E-state index in [0.717, 1.165) is 34.8 Å². The Labute approximate surface area is 217 Å². The number of hydrogen-bond donors (Lipinski definition) is 0. The Balaban J connectivity index is 1.31. The minimum absolute atomic E-state index is 0.132. The summed E-state index contributed by atoms with van der Waals surface area (Å²) in [6.45, 7) is 0.343. The highest BCUT2D eigenvalue weighted by Gasteiger charge is 2.36. The molecule has 5 nitrogen and oxygen atoms in total. The fourth-order valence-corrected chi connectivity index (χ4v) is 6.12.